The van der Waals surface area contributed by atoms with E-state index >= 15 is 0 Å². The van der Waals surface area contributed by atoms with E-state index in [0.717, 1.165) is 23.4 Å². The lowest BCUT2D eigenvalue weighted by Gasteiger charge is -2.15. The van der Waals surface area contributed by atoms with Crippen LogP contribution in [-0.2, 0) is 14.8 Å². The maximum Gasteiger partial charge on any atom is 0.241 e. The summed E-state index contributed by atoms with van der Waals surface area (Å²) < 4.78 is 32.7. The highest BCUT2D eigenvalue weighted by Gasteiger charge is 2.19. The van der Waals surface area contributed by atoms with Crippen molar-refractivity contribution in [3.8, 4) is 0 Å². The van der Waals surface area contributed by atoms with E-state index in [0.29, 0.717) is 11.5 Å². The zero-order valence-corrected chi connectivity index (χ0v) is 14.3. The average Bonchev–Trinajstić information content (AvgIpc) is 2.33. The van der Waals surface area contributed by atoms with Gasteiger partial charge in [0.05, 0.1) is 17.6 Å². The van der Waals surface area contributed by atoms with E-state index in [4.69, 9.17) is 4.74 Å². The zero-order valence-electron chi connectivity index (χ0n) is 13.5. The molecule has 0 spiro atoms. The highest BCUT2D eigenvalue weighted by Crippen LogP contribution is 2.24. The van der Waals surface area contributed by atoms with Crippen molar-refractivity contribution in [2.24, 2.45) is 0 Å². The lowest BCUT2D eigenvalue weighted by atomic mass is 10.1. The highest BCUT2D eigenvalue weighted by molar-refractivity contribution is 7.89. The van der Waals surface area contributed by atoms with Crippen LogP contribution in [-0.4, -0.2) is 34.2 Å². The number of ether oxygens (including phenoxy) is 1. The monoisotopic (exact) mass is 314 g/mol. The highest BCUT2D eigenvalue weighted by atomic mass is 32.2. The predicted octanol–water partition coefficient (Wildman–Crippen LogP) is 2.44. The van der Waals surface area contributed by atoms with Crippen molar-refractivity contribution in [2.45, 2.75) is 45.6 Å². The summed E-state index contributed by atoms with van der Waals surface area (Å²) in [6.07, 6.45) is 0.0948. The molecule has 21 heavy (non-hydrogen) atoms. The Morgan fingerprint density at radius 3 is 2.24 bits per heavy atom. The fourth-order valence-corrected chi connectivity index (χ4v) is 3.69. The van der Waals surface area contributed by atoms with Crippen molar-refractivity contribution in [3.63, 3.8) is 0 Å². The molecule has 1 aromatic rings. The molecule has 0 atom stereocenters. The van der Waals surface area contributed by atoms with Crippen molar-refractivity contribution in [2.75, 3.05) is 25.0 Å². The van der Waals surface area contributed by atoms with Crippen molar-refractivity contribution >= 4 is 15.7 Å². The SMILES string of the molecule is CCNc1cc(C)c(S(=O)(=O)NCCOC(C)C)c(C)c1. The van der Waals surface area contributed by atoms with Crippen LogP contribution in [0, 0.1) is 13.8 Å². The number of rotatable bonds is 8. The first-order valence-corrected chi connectivity index (χ1v) is 8.72. The number of nitrogens with one attached hydrogen (secondary N) is 2. The summed E-state index contributed by atoms with van der Waals surface area (Å²) in [7, 11) is -3.51. The molecule has 0 aliphatic rings. The van der Waals surface area contributed by atoms with Gasteiger partial charge in [0.2, 0.25) is 10.0 Å². The van der Waals surface area contributed by atoms with E-state index in [1.54, 1.807) is 0 Å². The van der Waals surface area contributed by atoms with E-state index in [9.17, 15) is 8.42 Å². The largest absolute Gasteiger partial charge is 0.385 e. The standard InChI is InChI=1S/C15H26N2O3S/c1-6-16-14-9-12(4)15(13(5)10-14)21(18,19)17-7-8-20-11(2)3/h9-11,16-17H,6-8H2,1-5H3. The van der Waals surface area contributed by atoms with Crippen LogP contribution in [0.3, 0.4) is 0 Å². The van der Waals surface area contributed by atoms with E-state index in [2.05, 4.69) is 10.0 Å². The molecule has 120 valence electrons. The summed E-state index contributed by atoms with van der Waals surface area (Å²) in [6.45, 7) is 10.9. The van der Waals surface area contributed by atoms with Gasteiger partial charge in [-0.1, -0.05) is 0 Å². The number of aryl methyl sites for hydroxylation is 2. The van der Waals surface area contributed by atoms with Crippen molar-refractivity contribution in [3.05, 3.63) is 23.3 Å². The number of anilines is 1. The molecular formula is C15H26N2O3S. The second kappa shape index (κ2) is 7.77. The van der Waals surface area contributed by atoms with Gasteiger partial charge in [0.15, 0.2) is 0 Å². The quantitative estimate of drug-likeness (QED) is 0.723. The maximum atomic E-state index is 12.4. The van der Waals surface area contributed by atoms with Gasteiger partial charge in [0.25, 0.3) is 0 Å². The Morgan fingerprint density at radius 1 is 1.19 bits per heavy atom. The first-order chi connectivity index (χ1) is 9.77. The van der Waals surface area contributed by atoms with E-state index in [-0.39, 0.29) is 12.6 Å². The van der Waals surface area contributed by atoms with E-state index < -0.39 is 10.0 Å². The number of hydrogen-bond donors (Lipinski definition) is 2. The van der Waals surface area contributed by atoms with Crippen LogP contribution in [0.4, 0.5) is 5.69 Å². The normalized spacial score (nSPS) is 11.9. The Bertz CT molecular complexity index is 545. The molecule has 0 amide bonds. The third-order valence-corrected chi connectivity index (χ3v) is 4.72. The van der Waals surface area contributed by atoms with Crippen LogP contribution in [0.2, 0.25) is 0 Å². The molecule has 5 nitrogen and oxygen atoms in total. The zero-order chi connectivity index (χ0) is 16.0. The summed E-state index contributed by atoms with van der Waals surface area (Å²) in [4.78, 5) is 0.355. The third-order valence-electron chi connectivity index (χ3n) is 2.96. The Morgan fingerprint density at radius 2 is 1.76 bits per heavy atom. The Balaban J connectivity index is 2.88. The smallest absolute Gasteiger partial charge is 0.241 e. The van der Waals surface area contributed by atoms with Crippen molar-refractivity contribution in [1.82, 2.24) is 4.72 Å². The number of benzene rings is 1. The van der Waals surface area contributed by atoms with Gasteiger partial charge in [-0.25, -0.2) is 13.1 Å². The first kappa shape index (κ1) is 17.9. The fraction of sp³-hybridized carbons (Fsp3) is 0.600. The van der Waals surface area contributed by atoms with Gasteiger partial charge in [0.1, 0.15) is 0 Å². The van der Waals surface area contributed by atoms with Gasteiger partial charge >= 0.3 is 0 Å². The molecule has 1 rings (SSSR count). The molecule has 0 radical (unpaired) electrons. The van der Waals surface area contributed by atoms with Crippen molar-refractivity contribution < 1.29 is 13.2 Å². The molecule has 0 aliphatic heterocycles. The lowest BCUT2D eigenvalue weighted by molar-refractivity contribution is 0.0834. The topological polar surface area (TPSA) is 67.4 Å². The fourth-order valence-electron chi connectivity index (χ4n) is 2.22. The first-order valence-electron chi connectivity index (χ1n) is 7.24. The van der Waals surface area contributed by atoms with Gasteiger partial charge in [-0.3, -0.25) is 0 Å². The van der Waals surface area contributed by atoms with Crippen LogP contribution in [0.1, 0.15) is 31.9 Å². The molecule has 0 fully saturated rings. The van der Waals surface area contributed by atoms with Crippen LogP contribution >= 0.6 is 0 Å². The molecule has 0 heterocycles. The van der Waals surface area contributed by atoms with Crippen LogP contribution in [0.15, 0.2) is 17.0 Å². The van der Waals surface area contributed by atoms with Crippen molar-refractivity contribution in [1.29, 1.82) is 0 Å². The summed E-state index contributed by atoms with van der Waals surface area (Å²) >= 11 is 0. The lowest BCUT2D eigenvalue weighted by Crippen LogP contribution is -2.29. The van der Waals surface area contributed by atoms with Gasteiger partial charge in [-0.2, -0.15) is 0 Å². The molecule has 0 aliphatic carbocycles. The molecule has 2 N–H and O–H groups in total. The second-order valence-electron chi connectivity index (χ2n) is 5.29. The number of sulfonamides is 1. The van der Waals surface area contributed by atoms with Gasteiger partial charge in [0, 0.05) is 18.8 Å². The summed E-state index contributed by atoms with van der Waals surface area (Å²) in [5, 5.41) is 3.20. The van der Waals surface area contributed by atoms with E-state index in [1.165, 1.54) is 0 Å². The Hall–Kier alpha value is -1.11. The molecule has 1 aromatic carbocycles. The molecule has 0 saturated carbocycles. The Labute approximate surface area is 128 Å². The van der Waals surface area contributed by atoms with Crippen LogP contribution in [0.25, 0.3) is 0 Å². The predicted molar refractivity (Wildman–Crippen MR) is 86.4 cm³/mol. The number of hydrogen-bond acceptors (Lipinski definition) is 4. The van der Waals surface area contributed by atoms with Gasteiger partial charge in [-0.05, 0) is 57.9 Å². The van der Waals surface area contributed by atoms with Crippen LogP contribution in [0.5, 0.6) is 0 Å². The minimum Gasteiger partial charge on any atom is -0.385 e. The van der Waals surface area contributed by atoms with Gasteiger partial charge in [-0.15, -0.1) is 0 Å². The van der Waals surface area contributed by atoms with Crippen LogP contribution < -0.4 is 10.0 Å². The minimum absolute atomic E-state index is 0.0948. The van der Waals surface area contributed by atoms with Gasteiger partial charge < -0.3 is 10.1 Å². The Kier molecular flexibility index (Phi) is 6.64. The summed E-state index contributed by atoms with van der Waals surface area (Å²) in [5.74, 6) is 0. The summed E-state index contributed by atoms with van der Waals surface area (Å²) in [6, 6.07) is 3.71. The molecule has 0 saturated heterocycles. The third kappa shape index (κ3) is 5.30. The maximum absolute atomic E-state index is 12.4. The molecular weight excluding hydrogens is 288 g/mol. The molecule has 0 aromatic heterocycles. The van der Waals surface area contributed by atoms with E-state index in [1.807, 2.05) is 46.8 Å². The second-order valence-corrected chi connectivity index (χ2v) is 6.99. The average molecular weight is 314 g/mol. The molecule has 0 bridgehead atoms. The molecule has 6 heteroatoms. The minimum atomic E-state index is -3.51. The molecule has 0 unspecified atom stereocenters. The summed E-state index contributed by atoms with van der Waals surface area (Å²) in [5.41, 5.74) is 2.42.